The molecule has 3 heterocycles. The van der Waals surface area contributed by atoms with Crippen LogP contribution in [0.5, 0.6) is 0 Å². The average Bonchev–Trinajstić information content (AvgIpc) is 3.30. The zero-order valence-corrected chi connectivity index (χ0v) is 16.1. The van der Waals surface area contributed by atoms with Gasteiger partial charge in [-0.15, -0.1) is 0 Å². The standard InChI is InChI=1S/C21H27N3O3/c1-14-5-6-18-17(12-14)16(15(2)22-18)13-20(25)23-7-9-24(10-8-23)21(26)19-4-3-11-27-19/h5-6,12,19,22H,3-4,7-11,13H2,1-2H3. The molecule has 144 valence electrons. The van der Waals surface area contributed by atoms with E-state index in [4.69, 9.17) is 4.74 Å². The molecule has 1 aromatic heterocycles. The van der Waals surface area contributed by atoms with E-state index in [-0.39, 0.29) is 17.9 Å². The highest BCUT2D eigenvalue weighted by molar-refractivity contribution is 5.90. The molecule has 2 amide bonds. The fraction of sp³-hybridized carbons (Fsp3) is 0.524. The van der Waals surface area contributed by atoms with Crippen LogP contribution in [-0.4, -0.2) is 65.5 Å². The van der Waals surface area contributed by atoms with E-state index in [0.29, 0.717) is 39.2 Å². The highest BCUT2D eigenvalue weighted by Crippen LogP contribution is 2.24. The molecule has 1 N–H and O–H groups in total. The Morgan fingerprint density at radius 1 is 1.15 bits per heavy atom. The van der Waals surface area contributed by atoms with Gasteiger partial charge in [-0.2, -0.15) is 0 Å². The van der Waals surface area contributed by atoms with Crippen molar-refractivity contribution in [3.05, 3.63) is 35.0 Å². The molecular formula is C21H27N3O3. The second-order valence-electron chi connectivity index (χ2n) is 7.66. The molecule has 2 aliphatic rings. The highest BCUT2D eigenvalue weighted by Gasteiger charge is 2.31. The number of amides is 2. The van der Waals surface area contributed by atoms with Crippen molar-refractivity contribution in [2.45, 2.75) is 39.2 Å². The van der Waals surface area contributed by atoms with E-state index in [2.05, 4.69) is 30.1 Å². The smallest absolute Gasteiger partial charge is 0.251 e. The molecule has 2 fully saturated rings. The molecule has 27 heavy (non-hydrogen) atoms. The number of ether oxygens (including phenoxy) is 1. The SMILES string of the molecule is Cc1ccc2[nH]c(C)c(CC(=O)N3CCN(C(=O)C4CCCO4)CC3)c2c1. The van der Waals surface area contributed by atoms with Crippen molar-refractivity contribution in [1.82, 2.24) is 14.8 Å². The van der Waals surface area contributed by atoms with Crippen molar-refractivity contribution in [3.8, 4) is 0 Å². The van der Waals surface area contributed by atoms with Crippen molar-refractivity contribution in [2.24, 2.45) is 0 Å². The summed E-state index contributed by atoms with van der Waals surface area (Å²) in [6.07, 6.45) is 1.90. The summed E-state index contributed by atoms with van der Waals surface area (Å²) >= 11 is 0. The number of hydrogen-bond donors (Lipinski definition) is 1. The number of carbonyl (C=O) groups excluding carboxylic acids is 2. The lowest BCUT2D eigenvalue weighted by Gasteiger charge is -2.35. The van der Waals surface area contributed by atoms with Crippen LogP contribution in [0.4, 0.5) is 0 Å². The third-order valence-corrected chi connectivity index (χ3v) is 5.75. The van der Waals surface area contributed by atoms with Crippen molar-refractivity contribution in [2.75, 3.05) is 32.8 Å². The van der Waals surface area contributed by atoms with Gasteiger partial charge in [0.15, 0.2) is 0 Å². The van der Waals surface area contributed by atoms with Gasteiger partial charge in [-0.25, -0.2) is 0 Å². The van der Waals surface area contributed by atoms with Gasteiger partial charge in [-0.05, 0) is 44.4 Å². The van der Waals surface area contributed by atoms with E-state index >= 15 is 0 Å². The number of aryl methyl sites for hydroxylation is 2. The molecule has 0 aliphatic carbocycles. The number of aromatic amines is 1. The van der Waals surface area contributed by atoms with Crippen LogP contribution in [0.1, 0.15) is 29.7 Å². The molecule has 2 aliphatic heterocycles. The molecule has 2 saturated heterocycles. The molecule has 4 rings (SSSR count). The first-order valence-corrected chi connectivity index (χ1v) is 9.79. The first-order valence-electron chi connectivity index (χ1n) is 9.79. The van der Waals surface area contributed by atoms with Crippen LogP contribution in [0.2, 0.25) is 0 Å². The van der Waals surface area contributed by atoms with Gasteiger partial charge in [0, 0.05) is 49.4 Å². The van der Waals surface area contributed by atoms with Crippen LogP contribution in [0, 0.1) is 13.8 Å². The Bertz CT molecular complexity index is 859. The summed E-state index contributed by atoms with van der Waals surface area (Å²) in [6.45, 7) is 7.15. The minimum atomic E-state index is -0.274. The summed E-state index contributed by atoms with van der Waals surface area (Å²) in [5, 5.41) is 1.13. The van der Waals surface area contributed by atoms with Crippen LogP contribution in [0.15, 0.2) is 18.2 Å². The molecule has 0 spiro atoms. The lowest BCUT2D eigenvalue weighted by atomic mass is 10.0. The van der Waals surface area contributed by atoms with Gasteiger partial charge in [0.1, 0.15) is 6.10 Å². The van der Waals surface area contributed by atoms with E-state index in [1.165, 1.54) is 5.56 Å². The normalized spacial score (nSPS) is 20.4. The van der Waals surface area contributed by atoms with Gasteiger partial charge in [0.05, 0.1) is 6.42 Å². The molecule has 0 bridgehead atoms. The predicted octanol–water partition coefficient (Wildman–Crippen LogP) is 2.18. The quantitative estimate of drug-likeness (QED) is 0.902. The number of H-pyrrole nitrogens is 1. The van der Waals surface area contributed by atoms with Gasteiger partial charge in [-0.3, -0.25) is 9.59 Å². The van der Waals surface area contributed by atoms with Crippen molar-refractivity contribution in [3.63, 3.8) is 0 Å². The van der Waals surface area contributed by atoms with E-state index < -0.39 is 0 Å². The highest BCUT2D eigenvalue weighted by atomic mass is 16.5. The van der Waals surface area contributed by atoms with Gasteiger partial charge < -0.3 is 19.5 Å². The maximum atomic E-state index is 12.9. The number of piperazine rings is 1. The van der Waals surface area contributed by atoms with Crippen LogP contribution in [0.3, 0.4) is 0 Å². The molecule has 2 aromatic rings. The first-order chi connectivity index (χ1) is 13.0. The number of nitrogens with one attached hydrogen (secondary N) is 1. The van der Waals surface area contributed by atoms with Crippen LogP contribution >= 0.6 is 0 Å². The summed E-state index contributed by atoms with van der Waals surface area (Å²) in [7, 11) is 0. The molecule has 6 heteroatoms. The Morgan fingerprint density at radius 2 is 1.89 bits per heavy atom. The average molecular weight is 369 g/mol. The monoisotopic (exact) mass is 369 g/mol. The molecule has 6 nitrogen and oxygen atoms in total. The van der Waals surface area contributed by atoms with E-state index in [9.17, 15) is 9.59 Å². The number of aromatic nitrogens is 1. The first kappa shape index (κ1) is 18.0. The van der Waals surface area contributed by atoms with E-state index in [0.717, 1.165) is 35.0 Å². The largest absolute Gasteiger partial charge is 0.368 e. The summed E-state index contributed by atoms with van der Waals surface area (Å²) in [5.41, 5.74) is 4.40. The zero-order chi connectivity index (χ0) is 19.0. The Balaban J connectivity index is 1.39. The summed E-state index contributed by atoms with van der Waals surface area (Å²) in [4.78, 5) is 32.4. The van der Waals surface area contributed by atoms with Gasteiger partial charge in [0.2, 0.25) is 5.91 Å². The number of benzene rings is 1. The molecule has 1 aromatic carbocycles. The predicted molar refractivity (Wildman–Crippen MR) is 104 cm³/mol. The van der Waals surface area contributed by atoms with Gasteiger partial charge >= 0.3 is 0 Å². The third kappa shape index (κ3) is 3.58. The van der Waals surface area contributed by atoms with Crippen molar-refractivity contribution >= 4 is 22.7 Å². The molecule has 1 unspecified atom stereocenters. The Hall–Kier alpha value is -2.34. The Kier molecular flexibility index (Phi) is 4.91. The van der Waals surface area contributed by atoms with Crippen LogP contribution < -0.4 is 0 Å². The van der Waals surface area contributed by atoms with Crippen LogP contribution in [-0.2, 0) is 20.7 Å². The van der Waals surface area contributed by atoms with Gasteiger partial charge in [-0.1, -0.05) is 11.6 Å². The van der Waals surface area contributed by atoms with E-state index in [1.807, 2.05) is 16.7 Å². The topological polar surface area (TPSA) is 65.6 Å². The fourth-order valence-electron chi connectivity index (χ4n) is 4.14. The summed E-state index contributed by atoms with van der Waals surface area (Å²) < 4.78 is 5.50. The van der Waals surface area contributed by atoms with Crippen LogP contribution in [0.25, 0.3) is 10.9 Å². The molecule has 0 radical (unpaired) electrons. The van der Waals surface area contributed by atoms with Gasteiger partial charge in [0.25, 0.3) is 5.91 Å². The minimum Gasteiger partial charge on any atom is -0.368 e. The maximum absolute atomic E-state index is 12.9. The zero-order valence-electron chi connectivity index (χ0n) is 16.1. The summed E-state index contributed by atoms with van der Waals surface area (Å²) in [5.74, 6) is 0.215. The Labute approximate surface area is 159 Å². The fourth-order valence-corrected chi connectivity index (χ4v) is 4.14. The van der Waals surface area contributed by atoms with E-state index in [1.54, 1.807) is 0 Å². The molecule has 1 atom stereocenters. The molecular weight excluding hydrogens is 342 g/mol. The number of nitrogens with zero attached hydrogens (tertiary/aromatic N) is 2. The maximum Gasteiger partial charge on any atom is 0.251 e. The second kappa shape index (κ2) is 7.35. The lowest BCUT2D eigenvalue weighted by Crippen LogP contribution is -2.53. The Morgan fingerprint density at radius 3 is 2.59 bits per heavy atom. The second-order valence-corrected chi connectivity index (χ2v) is 7.66. The number of fused-ring (bicyclic) bond motifs is 1. The number of rotatable bonds is 3. The number of hydrogen-bond acceptors (Lipinski definition) is 3. The number of carbonyl (C=O) groups is 2. The summed E-state index contributed by atoms with van der Waals surface area (Å²) in [6, 6.07) is 6.29. The van der Waals surface area contributed by atoms with Crippen molar-refractivity contribution in [1.29, 1.82) is 0 Å². The third-order valence-electron chi connectivity index (χ3n) is 5.75. The minimum absolute atomic E-state index is 0.0857. The lowest BCUT2D eigenvalue weighted by molar-refractivity contribution is -0.145. The molecule has 0 saturated carbocycles. The van der Waals surface area contributed by atoms with Crippen molar-refractivity contribution < 1.29 is 14.3 Å².